The number of nitrogens with zero attached hydrogens (tertiary/aromatic N) is 1. The zero-order chi connectivity index (χ0) is 23.8. The topological polar surface area (TPSA) is 68.3 Å². The molecule has 0 aliphatic heterocycles. The maximum absolute atomic E-state index is 12.8. The van der Waals surface area contributed by atoms with Crippen molar-refractivity contribution in [2.45, 2.75) is 13.3 Å². The highest BCUT2D eigenvalue weighted by atomic mass is 35.5. The molecule has 2 heterocycles. The van der Waals surface area contributed by atoms with Crippen molar-refractivity contribution < 1.29 is 13.6 Å². The van der Waals surface area contributed by atoms with E-state index in [0.717, 1.165) is 11.9 Å². The molecular weight excluding hydrogens is 495 g/mol. The maximum atomic E-state index is 12.8. The lowest BCUT2D eigenvalue weighted by Gasteiger charge is -2.07. The van der Waals surface area contributed by atoms with Gasteiger partial charge in [0, 0.05) is 11.1 Å². The first kappa shape index (κ1) is 22.5. The smallest absolute Gasteiger partial charge is 0.291 e. The lowest BCUT2D eigenvalue weighted by Crippen LogP contribution is -2.11. The summed E-state index contributed by atoms with van der Waals surface area (Å²) in [5.74, 6) is 0.601. The molecule has 0 spiro atoms. The van der Waals surface area contributed by atoms with Gasteiger partial charge in [-0.3, -0.25) is 4.79 Å². The molecule has 0 saturated heterocycles. The van der Waals surface area contributed by atoms with E-state index in [1.54, 1.807) is 48.5 Å². The van der Waals surface area contributed by atoms with Gasteiger partial charge in [-0.1, -0.05) is 47.8 Å². The third kappa shape index (κ3) is 4.42. The Kier molecular flexibility index (Phi) is 6.09. The number of aromatic nitrogens is 1. The zero-order valence-corrected chi connectivity index (χ0v) is 20.1. The fourth-order valence-corrected chi connectivity index (χ4v) is 3.98. The fourth-order valence-electron chi connectivity index (χ4n) is 3.52. The summed E-state index contributed by atoms with van der Waals surface area (Å²) in [5.41, 5.74) is 4.45. The first-order valence-corrected chi connectivity index (χ1v) is 11.6. The summed E-state index contributed by atoms with van der Waals surface area (Å²) in [5, 5.41) is 4.00. The molecule has 0 atom stereocenters. The molecule has 0 fully saturated rings. The molecule has 170 valence electrons. The average molecular weight is 512 g/mol. The van der Waals surface area contributed by atoms with Crippen molar-refractivity contribution in [3.8, 4) is 22.8 Å². The summed E-state index contributed by atoms with van der Waals surface area (Å²) in [6.07, 6.45) is 0.912. The van der Waals surface area contributed by atoms with E-state index in [-0.39, 0.29) is 5.76 Å². The van der Waals surface area contributed by atoms with Gasteiger partial charge in [-0.2, -0.15) is 0 Å². The van der Waals surface area contributed by atoms with Gasteiger partial charge in [0.2, 0.25) is 5.89 Å². The monoisotopic (exact) mass is 510 g/mol. The Morgan fingerprint density at radius 1 is 0.853 bits per heavy atom. The number of nitrogens with one attached hydrogen (secondary N) is 1. The minimum atomic E-state index is -0.449. The van der Waals surface area contributed by atoms with Crippen LogP contribution in [0.4, 0.5) is 5.69 Å². The third-order valence-electron chi connectivity index (χ3n) is 5.36. The number of aryl methyl sites for hydroxylation is 1. The van der Waals surface area contributed by atoms with Crippen LogP contribution in [0.5, 0.6) is 0 Å². The van der Waals surface area contributed by atoms with Crippen LogP contribution in [0.15, 0.2) is 75.6 Å². The van der Waals surface area contributed by atoms with Gasteiger partial charge in [0.05, 0.1) is 20.8 Å². The number of oxazole rings is 1. The number of hydrogen-bond donors (Lipinski definition) is 1. The molecule has 34 heavy (non-hydrogen) atoms. The Balaban J connectivity index is 1.40. The number of rotatable bonds is 5. The Hall–Kier alpha value is -3.25. The first-order valence-electron chi connectivity index (χ1n) is 10.5. The standard InChI is InChI=1S/C26H17Cl3N2O3/c1-2-14-3-8-23-21(11-14)31-26(34-23)16-5-7-18(28)20(13-16)30-25(32)24-10-9-22(33-24)15-4-6-17(27)19(29)12-15/h3-13H,2H2,1H3,(H,30,32). The maximum Gasteiger partial charge on any atom is 0.291 e. The van der Waals surface area contributed by atoms with Crippen LogP contribution in [0, 0.1) is 0 Å². The number of fused-ring (bicyclic) bond motifs is 1. The van der Waals surface area contributed by atoms with Gasteiger partial charge >= 0.3 is 0 Å². The fraction of sp³-hybridized carbons (Fsp3) is 0.0769. The number of benzene rings is 3. The van der Waals surface area contributed by atoms with Crippen LogP contribution in [-0.2, 0) is 6.42 Å². The highest BCUT2D eigenvalue weighted by molar-refractivity contribution is 6.42. The van der Waals surface area contributed by atoms with Crippen LogP contribution >= 0.6 is 34.8 Å². The largest absolute Gasteiger partial charge is 0.451 e. The molecule has 0 aliphatic carbocycles. The molecule has 5 aromatic rings. The molecule has 0 bridgehead atoms. The van der Waals surface area contributed by atoms with Crippen molar-refractivity contribution in [1.29, 1.82) is 0 Å². The minimum Gasteiger partial charge on any atom is -0.451 e. The van der Waals surface area contributed by atoms with E-state index >= 15 is 0 Å². The Morgan fingerprint density at radius 2 is 1.65 bits per heavy atom. The average Bonchev–Trinajstić information content (AvgIpc) is 3.49. The second kappa shape index (κ2) is 9.18. The molecule has 8 heteroatoms. The second-order valence-electron chi connectivity index (χ2n) is 7.62. The summed E-state index contributed by atoms with van der Waals surface area (Å²) in [6.45, 7) is 2.09. The van der Waals surface area contributed by atoms with Gasteiger partial charge in [0.1, 0.15) is 11.3 Å². The third-order valence-corrected chi connectivity index (χ3v) is 6.42. The molecule has 0 aliphatic rings. The SMILES string of the molecule is CCc1ccc2oc(-c3ccc(Cl)c(NC(=O)c4ccc(-c5ccc(Cl)c(Cl)c5)o4)c3)nc2c1. The van der Waals surface area contributed by atoms with Crippen LogP contribution in [0.1, 0.15) is 23.0 Å². The molecule has 0 unspecified atom stereocenters. The van der Waals surface area contributed by atoms with Gasteiger partial charge in [-0.25, -0.2) is 4.98 Å². The van der Waals surface area contributed by atoms with Gasteiger partial charge in [-0.15, -0.1) is 0 Å². The molecule has 3 aromatic carbocycles. The molecule has 0 radical (unpaired) electrons. The van der Waals surface area contributed by atoms with E-state index in [2.05, 4.69) is 17.2 Å². The van der Waals surface area contributed by atoms with E-state index in [0.29, 0.717) is 49.1 Å². The van der Waals surface area contributed by atoms with E-state index in [1.165, 1.54) is 5.56 Å². The predicted molar refractivity (Wildman–Crippen MR) is 136 cm³/mol. The summed E-state index contributed by atoms with van der Waals surface area (Å²) in [7, 11) is 0. The Bertz CT molecular complexity index is 1540. The van der Waals surface area contributed by atoms with Gasteiger partial charge in [0.15, 0.2) is 11.3 Å². The summed E-state index contributed by atoms with van der Waals surface area (Å²) in [4.78, 5) is 17.4. The van der Waals surface area contributed by atoms with Crippen LogP contribution in [-0.4, -0.2) is 10.9 Å². The van der Waals surface area contributed by atoms with Crippen molar-refractivity contribution >= 4 is 57.5 Å². The lowest BCUT2D eigenvalue weighted by atomic mass is 10.1. The van der Waals surface area contributed by atoms with E-state index < -0.39 is 5.91 Å². The number of carbonyl (C=O) groups excluding carboxylic acids is 1. The molecular formula is C26H17Cl3N2O3. The summed E-state index contributed by atoms with van der Waals surface area (Å²) in [6, 6.07) is 19.5. The quantitative estimate of drug-likeness (QED) is 0.257. The number of furan rings is 1. The number of hydrogen-bond acceptors (Lipinski definition) is 4. The van der Waals surface area contributed by atoms with Crippen molar-refractivity contribution in [2.24, 2.45) is 0 Å². The number of carbonyl (C=O) groups is 1. The van der Waals surface area contributed by atoms with Crippen molar-refractivity contribution in [2.75, 3.05) is 5.32 Å². The molecule has 5 rings (SSSR count). The van der Waals surface area contributed by atoms with Crippen molar-refractivity contribution in [3.63, 3.8) is 0 Å². The minimum absolute atomic E-state index is 0.122. The second-order valence-corrected chi connectivity index (χ2v) is 8.84. The van der Waals surface area contributed by atoms with Crippen LogP contribution in [0.25, 0.3) is 33.9 Å². The highest BCUT2D eigenvalue weighted by Crippen LogP contribution is 2.32. The van der Waals surface area contributed by atoms with E-state index in [1.807, 2.05) is 18.2 Å². The lowest BCUT2D eigenvalue weighted by molar-refractivity contribution is 0.0997. The van der Waals surface area contributed by atoms with Gasteiger partial charge < -0.3 is 14.2 Å². The van der Waals surface area contributed by atoms with Crippen molar-refractivity contribution in [1.82, 2.24) is 4.98 Å². The normalized spacial score (nSPS) is 11.2. The highest BCUT2D eigenvalue weighted by Gasteiger charge is 2.16. The molecule has 0 saturated carbocycles. The number of halogens is 3. The zero-order valence-electron chi connectivity index (χ0n) is 17.9. The molecule has 1 N–H and O–H groups in total. The number of amides is 1. The van der Waals surface area contributed by atoms with Crippen LogP contribution < -0.4 is 5.32 Å². The molecule has 5 nitrogen and oxygen atoms in total. The Morgan fingerprint density at radius 3 is 2.44 bits per heavy atom. The molecule has 2 aromatic heterocycles. The van der Waals surface area contributed by atoms with Crippen LogP contribution in [0.3, 0.4) is 0 Å². The van der Waals surface area contributed by atoms with Gasteiger partial charge in [0.25, 0.3) is 5.91 Å². The van der Waals surface area contributed by atoms with E-state index in [9.17, 15) is 4.79 Å². The number of anilines is 1. The van der Waals surface area contributed by atoms with Crippen molar-refractivity contribution in [3.05, 3.63) is 93.1 Å². The summed E-state index contributed by atoms with van der Waals surface area (Å²) < 4.78 is 11.6. The van der Waals surface area contributed by atoms with Crippen LogP contribution in [0.2, 0.25) is 15.1 Å². The van der Waals surface area contributed by atoms with Gasteiger partial charge in [-0.05, 0) is 72.6 Å². The van der Waals surface area contributed by atoms with E-state index in [4.69, 9.17) is 43.6 Å². The summed E-state index contributed by atoms with van der Waals surface area (Å²) >= 11 is 18.4. The molecule has 1 amide bonds. The predicted octanol–water partition coefficient (Wildman–Crippen LogP) is 8.53. The Labute approximate surface area is 210 Å². The first-order chi connectivity index (χ1) is 16.4.